The first-order chi connectivity index (χ1) is 31.5. The summed E-state index contributed by atoms with van der Waals surface area (Å²) in [5, 5.41) is 0. The van der Waals surface area contributed by atoms with Crippen LogP contribution in [0.3, 0.4) is 0 Å². The minimum Gasteiger partial charge on any atom is -0.462 e. The average Bonchev–Trinajstić information content (AvgIpc) is 3.29. The van der Waals surface area contributed by atoms with Crippen molar-refractivity contribution >= 4 is 17.9 Å². The summed E-state index contributed by atoms with van der Waals surface area (Å²) in [4.78, 5) is 38.0. The number of carbonyl (C=O) groups excluding carboxylic acids is 3. The SMILES string of the molecule is CC/C=C/C=C/C=C/C=C/C=C/CCCC(=O)OCC(COC(=O)CCCCCCC/C=C/CCCCCCCCCCC)OC(=O)CCCCCCCCC/C=C/CCCCCC. The minimum absolute atomic E-state index is 0.105. The highest BCUT2D eigenvalue weighted by Gasteiger charge is 2.19. The zero-order valence-electron chi connectivity index (χ0n) is 41.8. The van der Waals surface area contributed by atoms with Gasteiger partial charge in [-0.1, -0.05) is 228 Å². The third-order valence-corrected chi connectivity index (χ3v) is 11.2. The molecule has 0 heterocycles. The first-order valence-corrected chi connectivity index (χ1v) is 26.7. The number of esters is 3. The summed E-state index contributed by atoms with van der Waals surface area (Å²) in [7, 11) is 0. The van der Waals surface area contributed by atoms with Gasteiger partial charge in [0.1, 0.15) is 13.2 Å². The van der Waals surface area contributed by atoms with E-state index in [1.807, 2.05) is 54.7 Å². The van der Waals surface area contributed by atoms with E-state index in [9.17, 15) is 14.4 Å². The van der Waals surface area contributed by atoms with Gasteiger partial charge in [0.05, 0.1) is 0 Å². The summed E-state index contributed by atoms with van der Waals surface area (Å²) in [6, 6.07) is 0. The van der Waals surface area contributed by atoms with Gasteiger partial charge in [-0.2, -0.15) is 0 Å². The Bertz CT molecular complexity index is 1250. The van der Waals surface area contributed by atoms with E-state index in [1.165, 1.54) is 141 Å². The lowest BCUT2D eigenvalue weighted by molar-refractivity contribution is -0.167. The molecule has 0 saturated carbocycles. The lowest BCUT2D eigenvalue weighted by atomic mass is 10.1. The van der Waals surface area contributed by atoms with Gasteiger partial charge in [-0.25, -0.2) is 0 Å². The molecule has 0 spiro atoms. The van der Waals surface area contributed by atoms with Crippen LogP contribution in [0, 0.1) is 0 Å². The van der Waals surface area contributed by atoms with E-state index >= 15 is 0 Å². The molecule has 6 heteroatoms. The van der Waals surface area contributed by atoms with Crippen LogP contribution in [0.1, 0.15) is 245 Å². The minimum atomic E-state index is -0.810. The summed E-state index contributed by atoms with van der Waals surface area (Å²) in [6.45, 7) is 6.41. The van der Waals surface area contributed by atoms with Crippen molar-refractivity contribution in [2.24, 2.45) is 0 Å². The highest BCUT2D eigenvalue weighted by atomic mass is 16.6. The second-order valence-corrected chi connectivity index (χ2v) is 17.5. The second-order valence-electron chi connectivity index (χ2n) is 17.5. The monoisotopic (exact) mass is 891 g/mol. The molecule has 6 nitrogen and oxygen atoms in total. The Hall–Kier alpha value is -3.41. The molecule has 0 aromatic rings. The van der Waals surface area contributed by atoms with E-state index in [2.05, 4.69) is 51.2 Å². The fourth-order valence-corrected chi connectivity index (χ4v) is 7.23. The molecule has 0 N–H and O–H groups in total. The molecule has 0 aliphatic rings. The van der Waals surface area contributed by atoms with Crippen LogP contribution >= 0.6 is 0 Å². The number of rotatable bonds is 47. The first-order valence-electron chi connectivity index (χ1n) is 26.7. The molecule has 0 aromatic carbocycles. The molecule has 0 radical (unpaired) electrons. The topological polar surface area (TPSA) is 78.9 Å². The quantitative estimate of drug-likeness (QED) is 0.0199. The second kappa shape index (κ2) is 52.2. The molecule has 64 heavy (non-hydrogen) atoms. The Morgan fingerprint density at radius 3 is 1.06 bits per heavy atom. The van der Waals surface area contributed by atoms with E-state index in [0.717, 1.165) is 57.8 Å². The van der Waals surface area contributed by atoms with Crippen LogP contribution in [0.15, 0.2) is 85.1 Å². The summed E-state index contributed by atoms with van der Waals surface area (Å²) in [6.07, 6.45) is 67.2. The molecule has 0 aliphatic carbocycles. The molecule has 366 valence electrons. The highest BCUT2D eigenvalue weighted by Crippen LogP contribution is 2.14. The van der Waals surface area contributed by atoms with Gasteiger partial charge in [0, 0.05) is 19.3 Å². The van der Waals surface area contributed by atoms with Gasteiger partial charge in [-0.3, -0.25) is 14.4 Å². The lowest BCUT2D eigenvalue weighted by Crippen LogP contribution is -2.30. The number of allylic oxidation sites excluding steroid dienone is 14. The molecule has 0 amide bonds. The molecule has 0 saturated heterocycles. The summed E-state index contributed by atoms with van der Waals surface area (Å²) in [5.41, 5.74) is 0. The fraction of sp³-hybridized carbons (Fsp3) is 0.707. The van der Waals surface area contributed by atoms with Crippen molar-refractivity contribution in [3.63, 3.8) is 0 Å². The third-order valence-electron chi connectivity index (χ3n) is 11.2. The zero-order chi connectivity index (χ0) is 46.5. The highest BCUT2D eigenvalue weighted by molar-refractivity contribution is 5.71. The van der Waals surface area contributed by atoms with Gasteiger partial charge >= 0.3 is 17.9 Å². The summed E-state index contributed by atoms with van der Waals surface area (Å²) in [5.74, 6) is -0.993. The Morgan fingerprint density at radius 1 is 0.328 bits per heavy atom. The largest absolute Gasteiger partial charge is 0.462 e. The van der Waals surface area contributed by atoms with Crippen molar-refractivity contribution in [3.8, 4) is 0 Å². The maximum absolute atomic E-state index is 12.8. The van der Waals surface area contributed by atoms with Crippen LogP contribution in [0.5, 0.6) is 0 Å². The lowest BCUT2D eigenvalue weighted by Gasteiger charge is -2.18. The Morgan fingerprint density at radius 2 is 0.641 bits per heavy atom. The molecule has 0 aliphatic heterocycles. The van der Waals surface area contributed by atoms with Crippen molar-refractivity contribution in [3.05, 3.63) is 85.1 Å². The smallest absolute Gasteiger partial charge is 0.306 e. The van der Waals surface area contributed by atoms with E-state index in [-0.39, 0.29) is 37.5 Å². The van der Waals surface area contributed by atoms with E-state index in [1.54, 1.807) is 0 Å². The van der Waals surface area contributed by atoms with Crippen LogP contribution in [0.2, 0.25) is 0 Å². The number of hydrogen-bond donors (Lipinski definition) is 0. The van der Waals surface area contributed by atoms with Crippen molar-refractivity contribution in [1.29, 1.82) is 0 Å². The molecule has 0 fully saturated rings. The summed E-state index contributed by atoms with van der Waals surface area (Å²) >= 11 is 0. The van der Waals surface area contributed by atoms with Crippen LogP contribution in [-0.2, 0) is 28.6 Å². The predicted octanol–water partition coefficient (Wildman–Crippen LogP) is 17.6. The Labute approximate surface area is 395 Å². The molecule has 0 bridgehead atoms. The average molecular weight is 891 g/mol. The van der Waals surface area contributed by atoms with Gasteiger partial charge in [-0.15, -0.1) is 0 Å². The number of unbranched alkanes of at least 4 members (excludes halogenated alkanes) is 26. The molecule has 0 rings (SSSR count). The first kappa shape index (κ1) is 60.6. The third kappa shape index (κ3) is 49.6. The molecule has 0 aromatic heterocycles. The Balaban J connectivity index is 4.46. The van der Waals surface area contributed by atoms with Gasteiger partial charge in [0.25, 0.3) is 0 Å². The van der Waals surface area contributed by atoms with Gasteiger partial charge < -0.3 is 14.2 Å². The molecular weight excluding hydrogens is 793 g/mol. The van der Waals surface area contributed by atoms with E-state index in [4.69, 9.17) is 14.2 Å². The zero-order valence-corrected chi connectivity index (χ0v) is 41.8. The number of ether oxygens (including phenoxy) is 3. The van der Waals surface area contributed by atoms with Gasteiger partial charge in [0.15, 0.2) is 6.10 Å². The molecular formula is C58H98O6. The van der Waals surface area contributed by atoms with Gasteiger partial charge in [0.2, 0.25) is 0 Å². The fourth-order valence-electron chi connectivity index (χ4n) is 7.23. The standard InChI is InChI=1S/C58H98O6/c1-4-7-10-13-16-19-22-25-27-28-29-31-33-36-39-42-45-48-51-57(60)63-54-55(53-62-56(59)50-47-44-41-38-35-32-24-21-18-15-12-9-6-3)64-58(61)52-49-46-43-40-37-34-30-26-23-20-17-14-11-8-5-2/h9,12,15,18,20-21,23-24,29,31-32,35,38,41,55H,4-8,10-11,13-14,16-17,19,22,25-28,30,33-34,36-37,39-40,42-54H2,1-3H3/b12-9+,18-15+,23-20+,24-21+,31-29+,35-32+,41-38+. The normalized spacial score (nSPS) is 12.7. The maximum atomic E-state index is 12.8. The van der Waals surface area contributed by atoms with Crippen molar-refractivity contribution in [1.82, 2.24) is 0 Å². The van der Waals surface area contributed by atoms with E-state index in [0.29, 0.717) is 19.3 Å². The maximum Gasteiger partial charge on any atom is 0.306 e. The van der Waals surface area contributed by atoms with Crippen molar-refractivity contribution in [2.45, 2.75) is 252 Å². The number of hydrogen-bond acceptors (Lipinski definition) is 6. The van der Waals surface area contributed by atoms with E-state index < -0.39 is 6.10 Å². The van der Waals surface area contributed by atoms with Gasteiger partial charge in [-0.05, 0) is 83.5 Å². The van der Waals surface area contributed by atoms with Crippen LogP contribution in [0.25, 0.3) is 0 Å². The Kier molecular flexibility index (Phi) is 49.4. The van der Waals surface area contributed by atoms with Crippen LogP contribution in [-0.4, -0.2) is 37.2 Å². The summed E-state index contributed by atoms with van der Waals surface area (Å²) < 4.78 is 16.7. The van der Waals surface area contributed by atoms with Crippen molar-refractivity contribution in [2.75, 3.05) is 13.2 Å². The molecule has 1 unspecified atom stereocenters. The number of carbonyl (C=O) groups is 3. The van der Waals surface area contributed by atoms with Crippen molar-refractivity contribution < 1.29 is 28.6 Å². The molecule has 1 atom stereocenters. The van der Waals surface area contributed by atoms with Crippen LogP contribution < -0.4 is 0 Å². The van der Waals surface area contributed by atoms with Crippen LogP contribution in [0.4, 0.5) is 0 Å². The predicted molar refractivity (Wildman–Crippen MR) is 274 cm³/mol.